The fourth-order valence-corrected chi connectivity index (χ4v) is 2.62. The summed E-state index contributed by atoms with van der Waals surface area (Å²) < 4.78 is 12.9. The predicted molar refractivity (Wildman–Crippen MR) is 102 cm³/mol. The van der Waals surface area contributed by atoms with Crippen LogP contribution in [0.4, 0.5) is 15.8 Å². The maximum atomic E-state index is 12.9. The van der Waals surface area contributed by atoms with Gasteiger partial charge in [0.05, 0.1) is 11.3 Å². The van der Waals surface area contributed by atoms with E-state index in [4.69, 9.17) is 0 Å². The zero-order valence-corrected chi connectivity index (χ0v) is 14.7. The fraction of sp³-hybridized carbons (Fsp3) is 0.143. The molecule has 0 saturated heterocycles. The number of hydrogen-bond acceptors (Lipinski definition) is 3. The Labute approximate surface area is 152 Å². The summed E-state index contributed by atoms with van der Waals surface area (Å²) in [4.78, 5) is 16.6. The topological polar surface area (TPSA) is 54.0 Å². The van der Waals surface area contributed by atoms with Crippen molar-refractivity contribution in [3.8, 4) is 0 Å². The van der Waals surface area contributed by atoms with Gasteiger partial charge in [0.15, 0.2) is 0 Å². The molecule has 1 amide bonds. The highest BCUT2D eigenvalue weighted by molar-refractivity contribution is 6.04. The number of aryl methyl sites for hydroxylation is 2. The minimum Gasteiger partial charge on any atom is -0.380 e. The Bertz CT molecular complexity index is 923. The highest BCUT2D eigenvalue weighted by Gasteiger charge is 2.09. The van der Waals surface area contributed by atoms with Gasteiger partial charge in [0, 0.05) is 24.6 Å². The lowest BCUT2D eigenvalue weighted by Gasteiger charge is -2.11. The van der Waals surface area contributed by atoms with Crippen LogP contribution in [-0.2, 0) is 6.54 Å². The molecule has 0 aliphatic heterocycles. The van der Waals surface area contributed by atoms with Crippen molar-refractivity contribution >= 4 is 17.3 Å². The van der Waals surface area contributed by atoms with Crippen LogP contribution in [0.15, 0.2) is 60.9 Å². The average Bonchev–Trinajstić information content (AvgIpc) is 2.64. The SMILES string of the molecule is Cc1ccc(NC(=O)c2cncc(NCc3ccc(F)cc3)c2)c(C)c1. The Morgan fingerprint density at radius 1 is 1.04 bits per heavy atom. The Morgan fingerprint density at radius 3 is 2.54 bits per heavy atom. The first-order chi connectivity index (χ1) is 12.5. The Kier molecular flexibility index (Phi) is 5.27. The third-order valence-electron chi connectivity index (χ3n) is 4.04. The van der Waals surface area contributed by atoms with Crippen LogP contribution in [-0.4, -0.2) is 10.9 Å². The van der Waals surface area contributed by atoms with Gasteiger partial charge < -0.3 is 10.6 Å². The van der Waals surface area contributed by atoms with E-state index < -0.39 is 0 Å². The molecule has 4 nitrogen and oxygen atoms in total. The number of nitrogens with one attached hydrogen (secondary N) is 2. The third kappa shape index (κ3) is 4.45. The van der Waals surface area contributed by atoms with Gasteiger partial charge in [-0.05, 0) is 49.2 Å². The molecule has 3 aromatic rings. The van der Waals surface area contributed by atoms with Gasteiger partial charge in [-0.15, -0.1) is 0 Å². The quantitative estimate of drug-likeness (QED) is 0.702. The molecule has 2 N–H and O–H groups in total. The summed E-state index contributed by atoms with van der Waals surface area (Å²) in [5, 5.41) is 6.11. The molecule has 0 aliphatic carbocycles. The second-order valence-electron chi connectivity index (χ2n) is 6.21. The lowest BCUT2D eigenvalue weighted by atomic mass is 10.1. The predicted octanol–water partition coefficient (Wildman–Crippen LogP) is 4.70. The summed E-state index contributed by atoms with van der Waals surface area (Å²) in [7, 11) is 0. The number of aromatic nitrogens is 1. The molecule has 0 aliphatic rings. The van der Waals surface area contributed by atoms with Gasteiger partial charge in [-0.25, -0.2) is 4.39 Å². The average molecular weight is 349 g/mol. The highest BCUT2D eigenvalue weighted by Crippen LogP contribution is 2.18. The van der Waals surface area contributed by atoms with Crippen molar-refractivity contribution in [1.82, 2.24) is 4.98 Å². The molecular formula is C21H20FN3O. The van der Waals surface area contributed by atoms with E-state index in [0.29, 0.717) is 12.1 Å². The van der Waals surface area contributed by atoms with Gasteiger partial charge in [-0.2, -0.15) is 0 Å². The van der Waals surface area contributed by atoms with Crippen LogP contribution in [0.3, 0.4) is 0 Å². The van der Waals surface area contributed by atoms with Gasteiger partial charge in [0.2, 0.25) is 0 Å². The first-order valence-corrected chi connectivity index (χ1v) is 8.33. The minimum absolute atomic E-state index is 0.213. The summed E-state index contributed by atoms with van der Waals surface area (Å²) in [5.74, 6) is -0.477. The summed E-state index contributed by atoms with van der Waals surface area (Å²) >= 11 is 0. The maximum absolute atomic E-state index is 12.9. The van der Waals surface area contributed by atoms with Crippen molar-refractivity contribution in [3.05, 3.63) is 89.0 Å². The first-order valence-electron chi connectivity index (χ1n) is 8.33. The van der Waals surface area contributed by atoms with Gasteiger partial charge in [-0.1, -0.05) is 29.8 Å². The molecule has 1 aromatic heterocycles. The van der Waals surface area contributed by atoms with Crippen molar-refractivity contribution in [2.75, 3.05) is 10.6 Å². The number of amides is 1. The second-order valence-corrected chi connectivity index (χ2v) is 6.21. The van der Waals surface area contributed by atoms with Crippen molar-refractivity contribution < 1.29 is 9.18 Å². The number of carbonyl (C=O) groups is 1. The molecule has 1 heterocycles. The molecule has 132 valence electrons. The molecule has 0 unspecified atom stereocenters. The normalized spacial score (nSPS) is 10.4. The molecule has 0 radical (unpaired) electrons. The fourth-order valence-electron chi connectivity index (χ4n) is 2.62. The Balaban J connectivity index is 1.67. The Hall–Kier alpha value is -3.21. The number of pyridine rings is 1. The van der Waals surface area contributed by atoms with E-state index in [1.807, 2.05) is 32.0 Å². The van der Waals surface area contributed by atoms with E-state index in [0.717, 1.165) is 28.1 Å². The van der Waals surface area contributed by atoms with E-state index in [1.54, 1.807) is 24.4 Å². The van der Waals surface area contributed by atoms with Crippen LogP contribution < -0.4 is 10.6 Å². The van der Waals surface area contributed by atoms with Crippen LogP contribution in [0.1, 0.15) is 27.0 Å². The number of anilines is 2. The third-order valence-corrected chi connectivity index (χ3v) is 4.04. The van der Waals surface area contributed by atoms with Crippen molar-refractivity contribution in [1.29, 1.82) is 0 Å². The molecule has 3 rings (SSSR count). The largest absolute Gasteiger partial charge is 0.380 e. The molecule has 0 bridgehead atoms. The van der Waals surface area contributed by atoms with E-state index >= 15 is 0 Å². The number of rotatable bonds is 5. The van der Waals surface area contributed by atoms with Crippen LogP contribution in [0, 0.1) is 19.7 Å². The summed E-state index contributed by atoms with van der Waals surface area (Å²) in [6.07, 6.45) is 3.18. The summed E-state index contributed by atoms with van der Waals surface area (Å²) in [6.45, 7) is 4.49. The number of carbonyl (C=O) groups excluding carboxylic acids is 1. The molecule has 0 fully saturated rings. The van der Waals surface area contributed by atoms with Crippen LogP contribution in [0.25, 0.3) is 0 Å². The smallest absolute Gasteiger partial charge is 0.257 e. The highest BCUT2D eigenvalue weighted by atomic mass is 19.1. The maximum Gasteiger partial charge on any atom is 0.257 e. The van der Waals surface area contributed by atoms with E-state index in [-0.39, 0.29) is 11.7 Å². The molecule has 0 saturated carbocycles. The van der Waals surface area contributed by atoms with Crippen LogP contribution >= 0.6 is 0 Å². The summed E-state index contributed by atoms with van der Waals surface area (Å²) in [6, 6.07) is 13.9. The van der Waals surface area contributed by atoms with Crippen molar-refractivity contribution in [2.45, 2.75) is 20.4 Å². The molecule has 2 aromatic carbocycles. The zero-order chi connectivity index (χ0) is 18.5. The van der Waals surface area contributed by atoms with Crippen LogP contribution in [0.5, 0.6) is 0 Å². The summed E-state index contributed by atoms with van der Waals surface area (Å²) in [5.41, 5.74) is 5.07. The van der Waals surface area contributed by atoms with Crippen molar-refractivity contribution in [2.24, 2.45) is 0 Å². The molecule has 26 heavy (non-hydrogen) atoms. The Morgan fingerprint density at radius 2 is 1.81 bits per heavy atom. The minimum atomic E-state index is -0.263. The van der Waals surface area contributed by atoms with E-state index in [2.05, 4.69) is 15.6 Å². The second kappa shape index (κ2) is 7.78. The number of halogens is 1. The monoisotopic (exact) mass is 349 g/mol. The molecule has 5 heteroatoms. The van der Waals surface area contributed by atoms with Crippen molar-refractivity contribution in [3.63, 3.8) is 0 Å². The number of nitrogens with zero attached hydrogens (tertiary/aromatic N) is 1. The first kappa shape index (κ1) is 17.6. The molecule has 0 atom stereocenters. The lowest BCUT2D eigenvalue weighted by molar-refractivity contribution is 0.102. The van der Waals surface area contributed by atoms with Crippen LogP contribution in [0.2, 0.25) is 0 Å². The lowest BCUT2D eigenvalue weighted by Crippen LogP contribution is -2.13. The van der Waals surface area contributed by atoms with Gasteiger partial charge in [0.25, 0.3) is 5.91 Å². The van der Waals surface area contributed by atoms with Gasteiger partial charge in [-0.3, -0.25) is 9.78 Å². The standard InChI is InChI=1S/C21H20FN3O/c1-14-3-8-20(15(2)9-14)25-21(26)17-10-19(13-23-12-17)24-11-16-4-6-18(22)7-5-16/h3-10,12-13,24H,11H2,1-2H3,(H,25,26). The van der Waals surface area contributed by atoms with E-state index in [1.165, 1.54) is 18.3 Å². The van der Waals surface area contributed by atoms with Gasteiger partial charge in [0.1, 0.15) is 5.82 Å². The number of benzene rings is 2. The van der Waals surface area contributed by atoms with Gasteiger partial charge >= 0.3 is 0 Å². The van der Waals surface area contributed by atoms with E-state index in [9.17, 15) is 9.18 Å². The molecule has 0 spiro atoms. The number of hydrogen-bond donors (Lipinski definition) is 2. The molecular weight excluding hydrogens is 329 g/mol. The zero-order valence-electron chi connectivity index (χ0n) is 14.7.